The minimum absolute atomic E-state index is 0.740. The molecule has 0 amide bonds. The van der Waals surface area contributed by atoms with Crippen molar-refractivity contribution in [1.82, 2.24) is 5.32 Å². The first-order valence-corrected chi connectivity index (χ1v) is 6.17. The summed E-state index contributed by atoms with van der Waals surface area (Å²) in [5.41, 5.74) is 3.08. The van der Waals surface area contributed by atoms with E-state index in [9.17, 15) is 0 Å². The number of fused-ring (bicyclic) bond motifs is 3. The highest BCUT2D eigenvalue weighted by Gasteiger charge is 2.43. The van der Waals surface area contributed by atoms with Gasteiger partial charge in [0.2, 0.25) is 0 Å². The molecule has 0 saturated heterocycles. The van der Waals surface area contributed by atoms with Crippen LogP contribution in [0, 0.1) is 5.92 Å². The summed E-state index contributed by atoms with van der Waals surface area (Å²) in [7, 11) is 3.83. The molecule has 1 aromatic rings. The van der Waals surface area contributed by atoms with E-state index in [0.717, 1.165) is 23.6 Å². The van der Waals surface area contributed by atoms with Gasteiger partial charge in [-0.15, -0.1) is 0 Å². The molecule has 0 spiro atoms. The predicted molar refractivity (Wildman–Crippen MR) is 65.0 cm³/mol. The van der Waals surface area contributed by atoms with Crippen molar-refractivity contribution in [1.29, 1.82) is 0 Å². The Morgan fingerprint density at radius 1 is 1.38 bits per heavy atom. The molecule has 3 atom stereocenters. The summed E-state index contributed by atoms with van der Waals surface area (Å²) in [5, 5.41) is 3.43. The van der Waals surface area contributed by atoms with Gasteiger partial charge >= 0.3 is 0 Å². The van der Waals surface area contributed by atoms with E-state index < -0.39 is 0 Å². The normalized spacial score (nSPS) is 31.2. The van der Waals surface area contributed by atoms with E-state index in [-0.39, 0.29) is 0 Å². The van der Waals surface area contributed by atoms with Crippen LogP contribution >= 0.6 is 0 Å². The van der Waals surface area contributed by atoms with Gasteiger partial charge in [-0.2, -0.15) is 0 Å². The Bertz CT molecular complexity index is 402. The second-order valence-corrected chi connectivity index (χ2v) is 5.00. The molecule has 0 heterocycles. The van der Waals surface area contributed by atoms with Crippen molar-refractivity contribution in [3.63, 3.8) is 0 Å². The van der Waals surface area contributed by atoms with Crippen LogP contribution in [0.15, 0.2) is 18.2 Å². The molecule has 2 aliphatic carbocycles. The topological polar surface area (TPSA) is 21.3 Å². The lowest BCUT2D eigenvalue weighted by atomic mass is 9.60. The molecular weight excluding hydrogens is 198 g/mol. The Hall–Kier alpha value is -1.02. The van der Waals surface area contributed by atoms with Crippen molar-refractivity contribution < 1.29 is 4.74 Å². The number of hydrogen-bond acceptors (Lipinski definition) is 2. The number of hydrogen-bond donors (Lipinski definition) is 1. The summed E-state index contributed by atoms with van der Waals surface area (Å²) in [5.74, 6) is 2.63. The van der Waals surface area contributed by atoms with Crippen LogP contribution in [0.5, 0.6) is 5.75 Å². The van der Waals surface area contributed by atoms with Gasteiger partial charge < -0.3 is 10.1 Å². The lowest BCUT2D eigenvalue weighted by Crippen LogP contribution is -2.49. The molecule has 1 aromatic carbocycles. The highest BCUT2D eigenvalue weighted by Crippen LogP contribution is 2.50. The highest BCUT2D eigenvalue weighted by molar-refractivity contribution is 5.42. The van der Waals surface area contributed by atoms with Crippen molar-refractivity contribution in [3.8, 4) is 5.75 Å². The number of methoxy groups -OCH3 is 1. The average Bonchev–Trinajstić information content (AvgIpc) is 2.29. The maximum Gasteiger partial charge on any atom is 0.119 e. The molecule has 1 saturated carbocycles. The fraction of sp³-hybridized carbons (Fsp3) is 0.571. The van der Waals surface area contributed by atoms with E-state index in [2.05, 4.69) is 30.6 Å². The van der Waals surface area contributed by atoms with Crippen LogP contribution in [0.25, 0.3) is 0 Å². The van der Waals surface area contributed by atoms with Crippen molar-refractivity contribution in [3.05, 3.63) is 29.3 Å². The molecule has 0 bridgehead atoms. The van der Waals surface area contributed by atoms with E-state index in [0.29, 0.717) is 0 Å². The minimum atomic E-state index is 0.740. The summed E-state index contributed by atoms with van der Waals surface area (Å²) in [6.45, 7) is 0. The van der Waals surface area contributed by atoms with Gasteiger partial charge in [0.25, 0.3) is 0 Å². The lowest BCUT2D eigenvalue weighted by Gasteiger charge is -2.48. The molecule has 0 radical (unpaired) electrons. The number of aryl methyl sites for hydroxylation is 1. The first-order valence-electron chi connectivity index (χ1n) is 6.17. The van der Waals surface area contributed by atoms with Gasteiger partial charge in [0.05, 0.1) is 7.11 Å². The third kappa shape index (κ3) is 1.36. The lowest BCUT2D eigenvalue weighted by molar-refractivity contribution is 0.152. The van der Waals surface area contributed by atoms with Crippen LogP contribution in [-0.2, 0) is 6.42 Å². The summed E-state index contributed by atoms with van der Waals surface area (Å²) < 4.78 is 5.33. The van der Waals surface area contributed by atoms with E-state index in [4.69, 9.17) is 4.74 Å². The maximum atomic E-state index is 5.33. The van der Waals surface area contributed by atoms with Crippen LogP contribution in [0.1, 0.15) is 29.9 Å². The van der Waals surface area contributed by atoms with Crippen LogP contribution in [0.4, 0.5) is 0 Å². The molecule has 1 fully saturated rings. The summed E-state index contributed by atoms with van der Waals surface area (Å²) >= 11 is 0. The monoisotopic (exact) mass is 217 g/mol. The van der Waals surface area contributed by atoms with Crippen molar-refractivity contribution >= 4 is 0 Å². The van der Waals surface area contributed by atoms with Gasteiger partial charge in [-0.25, -0.2) is 0 Å². The molecule has 86 valence electrons. The summed E-state index contributed by atoms with van der Waals surface area (Å²) in [6.07, 6.45) is 3.87. The number of rotatable bonds is 2. The first-order chi connectivity index (χ1) is 7.83. The van der Waals surface area contributed by atoms with E-state index in [1.165, 1.54) is 24.8 Å². The van der Waals surface area contributed by atoms with Crippen LogP contribution < -0.4 is 10.1 Å². The number of ether oxygens (including phenoxy) is 1. The Morgan fingerprint density at radius 2 is 2.25 bits per heavy atom. The van der Waals surface area contributed by atoms with E-state index >= 15 is 0 Å². The SMILES string of the molecule is CNC1CC2c3cc(OC)ccc3CCC12. The molecule has 16 heavy (non-hydrogen) atoms. The Morgan fingerprint density at radius 3 is 3.00 bits per heavy atom. The molecule has 2 heteroatoms. The second kappa shape index (κ2) is 3.77. The predicted octanol–water partition coefficient (Wildman–Crippen LogP) is 2.33. The molecule has 2 aliphatic rings. The molecule has 0 aliphatic heterocycles. The largest absolute Gasteiger partial charge is 0.497 e. The molecule has 0 aromatic heterocycles. The standard InChI is InChI=1S/C14H19NO/c1-15-14-8-13-11(14)6-4-9-3-5-10(16-2)7-12(9)13/h3,5,7,11,13-15H,4,6,8H2,1-2H3. The molecule has 3 unspecified atom stereocenters. The second-order valence-electron chi connectivity index (χ2n) is 5.00. The van der Waals surface area contributed by atoms with Crippen molar-refractivity contribution in [2.45, 2.75) is 31.2 Å². The van der Waals surface area contributed by atoms with Gasteiger partial charge in [0.15, 0.2) is 0 Å². The van der Waals surface area contributed by atoms with Gasteiger partial charge in [0.1, 0.15) is 5.75 Å². The van der Waals surface area contributed by atoms with E-state index in [1.807, 2.05) is 0 Å². The van der Waals surface area contributed by atoms with Crippen LogP contribution in [0.2, 0.25) is 0 Å². The molecular formula is C14H19NO. The zero-order valence-corrected chi connectivity index (χ0v) is 9.99. The smallest absolute Gasteiger partial charge is 0.119 e. The van der Waals surface area contributed by atoms with Crippen molar-refractivity contribution in [2.24, 2.45) is 5.92 Å². The van der Waals surface area contributed by atoms with Gasteiger partial charge in [-0.05, 0) is 61.4 Å². The van der Waals surface area contributed by atoms with Crippen LogP contribution in [-0.4, -0.2) is 20.2 Å². The van der Waals surface area contributed by atoms with Gasteiger partial charge in [0, 0.05) is 6.04 Å². The van der Waals surface area contributed by atoms with Crippen LogP contribution in [0.3, 0.4) is 0 Å². The minimum Gasteiger partial charge on any atom is -0.497 e. The quantitative estimate of drug-likeness (QED) is 0.821. The Labute approximate surface area is 97.0 Å². The molecule has 2 nitrogen and oxygen atoms in total. The Kier molecular flexibility index (Phi) is 2.40. The zero-order chi connectivity index (χ0) is 11.1. The number of benzene rings is 1. The van der Waals surface area contributed by atoms with Gasteiger partial charge in [-0.1, -0.05) is 6.07 Å². The fourth-order valence-electron chi connectivity index (χ4n) is 3.39. The fourth-order valence-corrected chi connectivity index (χ4v) is 3.39. The van der Waals surface area contributed by atoms with Crippen molar-refractivity contribution in [2.75, 3.05) is 14.2 Å². The third-order valence-electron chi connectivity index (χ3n) is 4.41. The van der Waals surface area contributed by atoms with E-state index in [1.54, 1.807) is 12.7 Å². The zero-order valence-electron chi connectivity index (χ0n) is 9.99. The van der Waals surface area contributed by atoms with Gasteiger partial charge in [-0.3, -0.25) is 0 Å². The summed E-state index contributed by atoms with van der Waals surface area (Å²) in [6, 6.07) is 7.33. The first kappa shape index (κ1) is 10.2. The highest BCUT2D eigenvalue weighted by atomic mass is 16.5. The maximum absolute atomic E-state index is 5.33. The molecule has 1 N–H and O–H groups in total. The Balaban J connectivity index is 1.92. The molecule has 3 rings (SSSR count). The number of nitrogens with one attached hydrogen (secondary N) is 1. The third-order valence-corrected chi connectivity index (χ3v) is 4.41. The average molecular weight is 217 g/mol. The summed E-state index contributed by atoms with van der Waals surface area (Å²) in [4.78, 5) is 0.